The normalized spacial score (nSPS) is 10.5. The number of amides is 2. The second-order valence-electron chi connectivity index (χ2n) is 5.50. The number of benzene rings is 2. The molecule has 3 aromatic rings. The molecule has 2 aromatic carbocycles. The highest BCUT2D eigenvalue weighted by molar-refractivity contribution is 7.98. The van der Waals surface area contributed by atoms with Crippen molar-refractivity contribution in [1.29, 1.82) is 0 Å². The van der Waals surface area contributed by atoms with Crippen LogP contribution in [0.2, 0.25) is 0 Å². The molecule has 0 aliphatic carbocycles. The van der Waals surface area contributed by atoms with Gasteiger partial charge in [0.15, 0.2) is 0 Å². The molecule has 0 saturated carbocycles. The molecule has 0 fully saturated rings. The van der Waals surface area contributed by atoms with Crippen molar-refractivity contribution in [1.82, 2.24) is 19.9 Å². The Kier molecular flexibility index (Phi) is 5.35. The molecule has 25 heavy (non-hydrogen) atoms. The van der Waals surface area contributed by atoms with Crippen molar-refractivity contribution in [2.75, 3.05) is 18.6 Å². The lowest BCUT2D eigenvalue weighted by Crippen LogP contribution is -2.30. The summed E-state index contributed by atoms with van der Waals surface area (Å²) in [6, 6.07) is 15.4. The Morgan fingerprint density at radius 2 is 1.72 bits per heavy atom. The zero-order valence-electron chi connectivity index (χ0n) is 14.1. The van der Waals surface area contributed by atoms with Crippen molar-refractivity contribution >= 4 is 23.5 Å². The minimum Gasteiger partial charge on any atom is -0.323 e. The van der Waals surface area contributed by atoms with E-state index in [2.05, 4.69) is 27.6 Å². The van der Waals surface area contributed by atoms with E-state index in [4.69, 9.17) is 0 Å². The Hall–Kier alpha value is -2.80. The lowest BCUT2D eigenvalue weighted by molar-refractivity contribution is 0.220. The van der Waals surface area contributed by atoms with Gasteiger partial charge in [0.05, 0.1) is 18.1 Å². The highest BCUT2D eigenvalue weighted by atomic mass is 32.2. The molecule has 6 nitrogen and oxygen atoms in total. The van der Waals surface area contributed by atoms with E-state index in [1.54, 1.807) is 36.1 Å². The van der Waals surface area contributed by atoms with E-state index in [0.29, 0.717) is 6.54 Å². The molecule has 2 amide bonds. The first-order chi connectivity index (χ1) is 12.2. The van der Waals surface area contributed by atoms with Crippen LogP contribution in [0.15, 0.2) is 65.8 Å². The number of nitrogens with one attached hydrogen (secondary N) is 1. The molecule has 0 aliphatic heterocycles. The Labute approximate surface area is 150 Å². The van der Waals surface area contributed by atoms with Crippen molar-refractivity contribution in [3.8, 4) is 5.69 Å². The van der Waals surface area contributed by atoms with Crippen LogP contribution in [0.3, 0.4) is 0 Å². The van der Waals surface area contributed by atoms with E-state index >= 15 is 0 Å². The zero-order valence-corrected chi connectivity index (χ0v) is 14.9. The molecule has 0 bridgehead atoms. The van der Waals surface area contributed by atoms with Gasteiger partial charge in [-0.05, 0) is 48.2 Å². The van der Waals surface area contributed by atoms with Crippen LogP contribution in [0, 0.1) is 0 Å². The Bertz CT molecular complexity index is 816. The summed E-state index contributed by atoms with van der Waals surface area (Å²) >= 11 is 1.70. The average Bonchev–Trinajstić information content (AvgIpc) is 3.17. The van der Waals surface area contributed by atoms with Crippen LogP contribution >= 0.6 is 11.8 Å². The van der Waals surface area contributed by atoms with Gasteiger partial charge in [-0.3, -0.25) is 0 Å². The third-order valence-electron chi connectivity index (χ3n) is 3.69. The van der Waals surface area contributed by atoms with Gasteiger partial charge in [0.1, 0.15) is 0 Å². The van der Waals surface area contributed by atoms with E-state index in [-0.39, 0.29) is 6.03 Å². The van der Waals surface area contributed by atoms with Crippen molar-refractivity contribution < 1.29 is 4.79 Å². The van der Waals surface area contributed by atoms with Crippen LogP contribution < -0.4 is 5.32 Å². The number of aromatic nitrogens is 3. The molecule has 128 valence electrons. The van der Waals surface area contributed by atoms with Crippen LogP contribution in [0.25, 0.3) is 5.69 Å². The number of thioether (sulfide) groups is 1. The van der Waals surface area contributed by atoms with Gasteiger partial charge in [0, 0.05) is 24.2 Å². The van der Waals surface area contributed by atoms with Gasteiger partial charge >= 0.3 is 6.03 Å². The van der Waals surface area contributed by atoms with Crippen molar-refractivity contribution in [2.24, 2.45) is 0 Å². The molecule has 0 unspecified atom stereocenters. The molecular weight excluding hydrogens is 334 g/mol. The number of carbonyl (C=O) groups excluding carboxylic acids is 1. The van der Waals surface area contributed by atoms with Gasteiger partial charge in [-0.25, -0.2) is 4.79 Å². The Morgan fingerprint density at radius 3 is 2.32 bits per heavy atom. The van der Waals surface area contributed by atoms with E-state index in [1.165, 1.54) is 9.69 Å². The molecule has 0 radical (unpaired) electrons. The maximum absolute atomic E-state index is 12.3. The maximum Gasteiger partial charge on any atom is 0.321 e. The van der Waals surface area contributed by atoms with Crippen LogP contribution in [-0.2, 0) is 6.54 Å². The molecule has 0 saturated heterocycles. The number of carbonyl (C=O) groups is 1. The summed E-state index contributed by atoms with van der Waals surface area (Å²) in [4.78, 5) is 16.7. The monoisotopic (exact) mass is 353 g/mol. The van der Waals surface area contributed by atoms with Crippen molar-refractivity contribution in [2.45, 2.75) is 11.4 Å². The van der Waals surface area contributed by atoms with Gasteiger partial charge in [-0.2, -0.15) is 15.0 Å². The van der Waals surface area contributed by atoms with E-state index < -0.39 is 0 Å². The summed E-state index contributed by atoms with van der Waals surface area (Å²) in [6.07, 6.45) is 5.29. The number of nitrogens with zero attached hydrogens (tertiary/aromatic N) is 4. The molecular formula is C18H19N5OS. The van der Waals surface area contributed by atoms with Crippen LogP contribution in [0.5, 0.6) is 0 Å². The number of hydrogen-bond donors (Lipinski definition) is 1. The molecule has 0 aliphatic rings. The molecule has 3 rings (SSSR count). The molecule has 0 spiro atoms. The highest BCUT2D eigenvalue weighted by Gasteiger charge is 2.10. The summed E-state index contributed by atoms with van der Waals surface area (Å²) in [5.74, 6) is 0. The van der Waals surface area contributed by atoms with Crippen LogP contribution in [0.4, 0.5) is 10.5 Å². The summed E-state index contributed by atoms with van der Waals surface area (Å²) < 4.78 is 0. The minimum absolute atomic E-state index is 0.154. The van der Waals surface area contributed by atoms with Crippen molar-refractivity contribution in [3.63, 3.8) is 0 Å². The topological polar surface area (TPSA) is 63.1 Å². The fourth-order valence-corrected chi connectivity index (χ4v) is 2.73. The van der Waals surface area contributed by atoms with E-state index in [0.717, 1.165) is 16.9 Å². The quantitative estimate of drug-likeness (QED) is 0.711. The lowest BCUT2D eigenvalue weighted by atomic mass is 10.2. The van der Waals surface area contributed by atoms with Crippen LogP contribution in [-0.4, -0.2) is 39.2 Å². The predicted molar refractivity (Wildman–Crippen MR) is 100 cm³/mol. The number of anilines is 1. The average molecular weight is 353 g/mol. The molecule has 7 heteroatoms. The molecule has 0 atom stereocenters. The second kappa shape index (κ2) is 7.85. The van der Waals surface area contributed by atoms with Crippen LogP contribution in [0.1, 0.15) is 5.56 Å². The van der Waals surface area contributed by atoms with Gasteiger partial charge in [-0.1, -0.05) is 12.1 Å². The van der Waals surface area contributed by atoms with Gasteiger partial charge in [0.2, 0.25) is 0 Å². The van der Waals surface area contributed by atoms with Gasteiger partial charge in [-0.15, -0.1) is 11.8 Å². The summed E-state index contributed by atoms with van der Waals surface area (Å²) in [6.45, 7) is 0.551. The Balaban J connectivity index is 1.59. The third kappa shape index (κ3) is 4.39. The number of hydrogen-bond acceptors (Lipinski definition) is 4. The molecule has 1 aromatic heterocycles. The van der Waals surface area contributed by atoms with E-state index in [9.17, 15) is 4.79 Å². The summed E-state index contributed by atoms with van der Waals surface area (Å²) in [5, 5.41) is 11.0. The smallest absolute Gasteiger partial charge is 0.321 e. The SMILES string of the molecule is CSc1ccc(CN(C)C(=O)Nc2ccc(-n3nccn3)cc2)cc1. The largest absolute Gasteiger partial charge is 0.323 e. The second-order valence-corrected chi connectivity index (χ2v) is 6.38. The van der Waals surface area contributed by atoms with Crippen molar-refractivity contribution in [3.05, 3.63) is 66.5 Å². The summed E-state index contributed by atoms with van der Waals surface area (Å²) in [5.41, 5.74) is 2.66. The molecule has 1 N–H and O–H groups in total. The Morgan fingerprint density at radius 1 is 1.08 bits per heavy atom. The first kappa shape index (κ1) is 17.0. The first-order valence-corrected chi connectivity index (χ1v) is 9.00. The number of rotatable bonds is 5. The molecule has 1 heterocycles. The highest BCUT2D eigenvalue weighted by Crippen LogP contribution is 2.16. The predicted octanol–water partition coefficient (Wildman–Crippen LogP) is 3.65. The lowest BCUT2D eigenvalue weighted by Gasteiger charge is -2.18. The fourth-order valence-electron chi connectivity index (χ4n) is 2.32. The maximum atomic E-state index is 12.3. The first-order valence-electron chi connectivity index (χ1n) is 7.77. The third-order valence-corrected chi connectivity index (χ3v) is 4.44. The van der Waals surface area contributed by atoms with Gasteiger partial charge in [0.25, 0.3) is 0 Å². The number of urea groups is 1. The fraction of sp³-hybridized carbons (Fsp3) is 0.167. The summed E-state index contributed by atoms with van der Waals surface area (Å²) in [7, 11) is 1.78. The standard InChI is InChI=1S/C18H19N5OS/c1-22(13-14-3-9-17(25-2)10-4-14)18(24)21-15-5-7-16(8-6-15)23-19-11-12-20-23/h3-12H,13H2,1-2H3,(H,21,24). The minimum atomic E-state index is -0.154. The zero-order chi connectivity index (χ0) is 17.6. The van der Waals surface area contributed by atoms with Gasteiger partial charge < -0.3 is 10.2 Å². The van der Waals surface area contributed by atoms with E-state index in [1.807, 2.05) is 42.7 Å².